The maximum absolute atomic E-state index is 12.2. The first-order chi connectivity index (χ1) is 8.74. The van der Waals surface area contributed by atoms with Gasteiger partial charge in [0.15, 0.2) is 0 Å². The first-order valence-corrected chi connectivity index (χ1v) is 7.18. The van der Waals surface area contributed by atoms with Gasteiger partial charge in [-0.25, -0.2) is 0 Å². The minimum atomic E-state index is 0. The van der Waals surface area contributed by atoms with Crippen LogP contribution >= 0.6 is 8.58 Å². The van der Waals surface area contributed by atoms with E-state index in [9.17, 15) is 4.79 Å². The molecule has 0 aromatic heterocycles. The van der Waals surface area contributed by atoms with Crippen molar-refractivity contribution in [3.63, 3.8) is 0 Å². The molecule has 0 N–H and O–H groups in total. The molecule has 3 nitrogen and oxygen atoms in total. The average molecular weight is 272 g/mol. The molecule has 1 aromatic carbocycles. The zero-order valence-electron chi connectivity index (χ0n) is 11.8. The summed E-state index contributed by atoms with van der Waals surface area (Å²) in [5.74, 6) is 1.31. The normalized spacial score (nSPS) is 15.5. The molecule has 0 bridgehead atoms. The minimum Gasteiger partial charge on any atom is -0.497 e. The van der Waals surface area contributed by atoms with Crippen molar-refractivity contribution in [2.45, 2.75) is 31.3 Å². The van der Waals surface area contributed by atoms with Gasteiger partial charge in [-0.15, -0.1) is 0 Å². The van der Waals surface area contributed by atoms with E-state index in [1.807, 2.05) is 0 Å². The number of rotatable bonds is 5. The maximum atomic E-state index is 12.2. The molecular weight excluding hydrogens is 254 g/mol. The molecule has 0 spiro atoms. The Morgan fingerprint density at radius 3 is 2.47 bits per heavy atom. The standard InChI is InChI=1S/C14H18O3P.Li/c1-16-10-7-8-12(13(9-10)17-2)14(15)18-11-5-3-4-6-11;/h7-9,11H,3-6H2,1-2H3;/q-1;+1. The molecule has 0 unspecified atom stereocenters. The van der Waals surface area contributed by atoms with Crippen LogP contribution in [0.15, 0.2) is 18.2 Å². The second-order valence-electron chi connectivity index (χ2n) is 4.44. The van der Waals surface area contributed by atoms with Crippen LogP contribution in [0.2, 0.25) is 0 Å². The molecule has 1 aliphatic rings. The molecule has 0 heterocycles. The molecule has 5 heteroatoms. The van der Waals surface area contributed by atoms with Crippen molar-refractivity contribution in [2.75, 3.05) is 14.2 Å². The van der Waals surface area contributed by atoms with E-state index in [-0.39, 0.29) is 24.4 Å². The van der Waals surface area contributed by atoms with E-state index in [0.717, 1.165) is 8.58 Å². The molecule has 1 fully saturated rings. The van der Waals surface area contributed by atoms with Crippen molar-refractivity contribution < 1.29 is 33.1 Å². The zero-order valence-corrected chi connectivity index (χ0v) is 12.7. The second kappa shape index (κ2) is 7.95. The first kappa shape index (κ1) is 16.6. The molecule has 1 aromatic rings. The molecule has 0 radical (unpaired) electrons. The summed E-state index contributed by atoms with van der Waals surface area (Å²) in [5.41, 5.74) is 1.34. The van der Waals surface area contributed by atoms with Crippen LogP contribution in [0.4, 0.5) is 0 Å². The number of hydrogen-bond acceptors (Lipinski definition) is 3. The monoisotopic (exact) mass is 272 g/mol. The molecule has 2 rings (SSSR count). The third-order valence-corrected chi connectivity index (χ3v) is 4.62. The Balaban J connectivity index is 0.00000180. The van der Waals surface area contributed by atoms with Crippen molar-refractivity contribution in [1.82, 2.24) is 0 Å². The summed E-state index contributed by atoms with van der Waals surface area (Å²) in [5, 5.41) is 0. The Morgan fingerprint density at radius 2 is 1.89 bits per heavy atom. The van der Waals surface area contributed by atoms with Gasteiger partial charge in [0.25, 0.3) is 0 Å². The van der Waals surface area contributed by atoms with E-state index in [1.54, 1.807) is 32.4 Å². The van der Waals surface area contributed by atoms with Gasteiger partial charge in [-0.3, -0.25) is 0 Å². The smallest absolute Gasteiger partial charge is 0.497 e. The van der Waals surface area contributed by atoms with Crippen LogP contribution in [-0.2, 0) is 0 Å². The number of methoxy groups -OCH3 is 2. The molecule has 0 amide bonds. The Morgan fingerprint density at radius 1 is 1.21 bits per heavy atom. The summed E-state index contributed by atoms with van der Waals surface area (Å²) in [6.45, 7) is 0. The van der Waals surface area contributed by atoms with Crippen LogP contribution in [0.25, 0.3) is 0 Å². The van der Waals surface area contributed by atoms with E-state index >= 15 is 0 Å². The Kier molecular flexibility index (Phi) is 6.93. The topological polar surface area (TPSA) is 35.5 Å². The zero-order chi connectivity index (χ0) is 13.0. The Bertz CT molecular complexity index is 431. The van der Waals surface area contributed by atoms with E-state index in [0.29, 0.717) is 22.7 Å². The summed E-state index contributed by atoms with van der Waals surface area (Å²) < 4.78 is 10.4. The van der Waals surface area contributed by atoms with E-state index in [2.05, 4.69) is 0 Å². The van der Waals surface area contributed by atoms with Gasteiger partial charge in [-0.1, -0.05) is 25.7 Å². The van der Waals surface area contributed by atoms with Crippen LogP contribution in [0.1, 0.15) is 36.0 Å². The van der Waals surface area contributed by atoms with Crippen LogP contribution in [0, 0.1) is 0 Å². The number of carbonyl (C=O) groups is 1. The third-order valence-electron chi connectivity index (χ3n) is 3.26. The SMILES string of the molecule is COc1ccc(C(=O)[P-]C2CCCC2)c(OC)c1.[Li+]. The summed E-state index contributed by atoms with van der Waals surface area (Å²) in [6.07, 6.45) is 4.85. The fourth-order valence-corrected chi connectivity index (χ4v) is 3.52. The van der Waals surface area contributed by atoms with Gasteiger partial charge in [0.2, 0.25) is 0 Å². The predicted octanol–water partition coefficient (Wildman–Crippen LogP) is 0.737. The van der Waals surface area contributed by atoms with Crippen molar-refractivity contribution >= 4 is 14.1 Å². The number of hydrogen-bond donors (Lipinski definition) is 0. The minimum absolute atomic E-state index is 0. The molecule has 98 valence electrons. The molecule has 19 heavy (non-hydrogen) atoms. The van der Waals surface area contributed by atoms with Gasteiger partial charge in [-0.2, -0.15) is 5.66 Å². The van der Waals surface area contributed by atoms with Crippen molar-refractivity contribution in [3.8, 4) is 11.5 Å². The number of ether oxygens (including phenoxy) is 2. The van der Waals surface area contributed by atoms with Gasteiger partial charge in [0, 0.05) is 17.2 Å². The first-order valence-electron chi connectivity index (χ1n) is 6.22. The van der Waals surface area contributed by atoms with Gasteiger partial charge in [-0.05, 0) is 12.1 Å². The van der Waals surface area contributed by atoms with E-state index in [4.69, 9.17) is 9.47 Å². The molecule has 0 aliphatic heterocycles. The van der Waals surface area contributed by atoms with Crippen LogP contribution in [0.3, 0.4) is 0 Å². The van der Waals surface area contributed by atoms with Crippen LogP contribution in [-0.4, -0.2) is 25.4 Å². The van der Waals surface area contributed by atoms with Crippen LogP contribution < -0.4 is 28.3 Å². The van der Waals surface area contributed by atoms with Crippen molar-refractivity contribution in [3.05, 3.63) is 23.8 Å². The fraction of sp³-hybridized carbons (Fsp3) is 0.500. The van der Waals surface area contributed by atoms with E-state index < -0.39 is 0 Å². The van der Waals surface area contributed by atoms with Crippen molar-refractivity contribution in [1.29, 1.82) is 0 Å². The average Bonchev–Trinajstić information content (AvgIpc) is 2.90. The fourth-order valence-electron chi connectivity index (χ4n) is 2.24. The third kappa shape index (κ3) is 4.25. The van der Waals surface area contributed by atoms with Crippen molar-refractivity contribution in [2.24, 2.45) is 0 Å². The number of carbonyl (C=O) groups excluding carboxylic acids is 1. The second-order valence-corrected chi connectivity index (χ2v) is 5.83. The quantitative estimate of drug-likeness (QED) is 0.586. The van der Waals surface area contributed by atoms with Gasteiger partial charge in [0.1, 0.15) is 11.5 Å². The predicted molar refractivity (Wildman–Crippen MR) is 73.1 cm³/mol. The largest absolute Gasteiger partial charge is 1.00 e. The molecule has 0 atom stereocenters. The summed E-state index contributed by atoms with van der Waals surface area (Å²) in [7, 11) is 4.09. The molecule has 0 saturated heterocycles. The van der Waals surface area contributed by atoms with Gasteiger partial charge >= 0.3 is 18.9 Å². The summed E-state index contributed by atoms with van der Waals surface area (Å²) >= 11 is 0. The maximum Gasteiger partial charge on any atom is 1.00 e. The summed E-state index contributed by atoms with van der Waals surface area (Å²) in [6, 6.07) is 5.36. The number of benzene rings is 1. The Labute approximate surface area is 128 Å². The molecule has 1 aliphatic carbocycles. The molecular formula is C14H18LiO3P. The van der Waals surface area contributed by atoms with Gasteiger partial charge in [0.05, 0.1) is 14.2 Å². The summed E-state index contributed by atoms with van der Waals surface area (Å²) in [4.78, 5) is 12.2. The van der Waals surface area contributed by atoms with E-state index in [1.165, 1.54) is 25.7 Å². The Hall–Kier alpha value is -0.483. The van der Waals surface area contributed by atoms with Crippen LogP contribution in [0.5, 0.6) is 11.5 Å². The van der Waals surface area contributed by atoms with Gasteiger partial charge < -0.3 is 22.8 Å². The molecule has 1 saturated carbocycles.